The minimum atomic E-state index is -0.871. The number of rotatable bonds is 3. The van der Waals surface area contributed by atoms with E-state index in [4.69, 9.17) is 0 Å². The fourth-order valence-electron chi connectivity index (χ4n) is 3.77. The molecule has 0 aliphatic carbocycles. The van der Waals surface area contributed by atoms with E-state index >= 15 is 0 Å². The molecule has 2 heterocycles. The summed E-state index contributed by atoms with van der Waals surface area (Å²) in [5, 5.41) is 9.42. The van der Waals surface area contributed by atoms with Crippen molar-refractivity contribution in [3.05, 3.63) is 69.7 Å². The smallest absolute Gasteiger partial charge is 0.262 e. The molecule has 2 aliphatic heterocycles. The van der Waals surface area contributed by atoms with Gasteiger partial charge in [-0.1, -0.05) is 34.1 Å². The molecule has 0 bridgehead atoms. The predicted molar refractivity (Wildman–Crippen MR) is 111 cm³/mol. The maximum absolute atomic E-state index is 13.0. The van der Waals surface area contributed by atoms with Crippen LogP contribution in [-0.2, 0) is 4.79 Å². The van der Waals surface area contributed by atoms with Crippen molar-refractivity contribution in [3.63, 3.8) is 0 Å². The van der Waals surface area contributed by atoms with Gasteiger partial charge in [0.25, 0.3) is 11.8 Å². The van der Waals surface area contributed by atoms with E-state index in [2.05, 4.69) is 15.9 Å². The highest BCUT2D eigenvalue weighted by Gasteiger charge is 2.42. The number of carbonyl (C=O) groups is 3. The Morgan fingerprint density at radius 1 is 1.07 bits per heavy atom. The van der Waals surface area contributed by atoms with Gasteiger partial charge in [0.05, 0.1) is 11.1 Å². The summed E-state index contributed by atoms with van der Waals surface area (Å²) < 4.78 is 0.709. The first-order chi connectivity index (χ1) is 13.9. The van der Waals surface area contributed by atoms with Gasteiger partial charge in [0.1, 0.15) is 11.8 Å². The monoisotopic (exact) mass is 454 g/mol. The van der Waals surface area contributed by atoms with Crippen LogP contribution in [-0.4, -0.2) is 51.8 Å². The average Bonchev–Trinajstić information content (AvgIpc) is 2.97. The number of benzene rings is 2. The van der Waals surface area contributed by atoms with E-state index in [1.54, 1.807) is 42.2 Å². The Morgan fingerprint density at radius 3 is 2.41 bits per heavy atom. The molecule has 4 rings (SSSR count). The van der Waals surface area contributed by atoms with Crippen molar-refractivity contribution >= 4 is 39.2 Å². The van der Waals surface area contributed by atoms with Crippen molar-refractivity contribution in [2.24, 2.45) is 0 Å². The summed E-state index contributed by atoms with van der Waals surface area (Å²) in [4.78, 5) is 41.1. The highest BCUT2D eigenvalue weighted by Crippen LogP contribution is 2.29. The highest BCUT2D eigenvalue weighted by atomic mass is 79.9. The fraction of sp³-hybridized carbons (Fsp3) is 0.227. The summed E-state index contributed by atoms with van der Waals surface area (Å²) in [6.07, 6.45) is 2.64. The molecule has 2 aliphatic rings. The molecular weight excluding hydrogens is 436 g/mol. The van der Waals surface area contributed by atoms with Crippen LogP contribution in [0, 0.1) is 0 Å². The summed E-state index contributed by atoms with van der Waals surface area (Å²) >= 11 is 3.31. The van der Waals surface area contributed by atoms with Crippen LogP contribution in [0.4, 0.5) is 0 Å². The molecule has 0 fully saturated rings. The van der Waals surface area contributed by atoms with Crippen LogP contribution in [0.5, 0.6) is 5.75 Å². The Bertz CT molecular complexity index is 1050. The van der Waals surface area contributed by atoms with Crippen molar-refractivity contribution in [2.45, 2.75) is 19.4 Å². The quantitative estimate of drug-likeness (QED) is 0.720. The van der Waals surface area contributed by atoms with Crippen LogP contribution < -0.4 is 0 Å². The molecule has 148 valence electrons. The topological polar surface area (TPSA) is 77.9 Å². The number of hydrogen-bond donors (Lipinski definition) is 1. The lowest BCUT2D eigenvalue weighted by molar-refractivity contribution is -0.134. The number of nitrogens with zero attached hydrogens (tertiary/aromatic N) is 2. The number of phenols is 1. The van der Waals surface area contributed by atoms with Crippen LogP contribution in [0.3, 0.4) is 0 Å². The molecule has 0 spiro atoms. The van der Waals surface area contributed by atoms with Gasteiger partial charge in [0.15, 0.2) is 0 Å². The number of carbonyl (C=O) groups excluding carboxylic acids is 3. The second-order valence-corrected chi connectivity index (χ2v) is 8.07. The summed E-state index contributed by atoms with van der Waals surface area (Å²) in [7, 11) is 0. The molecule has 2 aromatic rings. The molecule has 1 N–H and O–H groups in total. The lowest BCUT2D eigenvalue weighted by atomic mass is 9.99. The number of hydrogen-bond acceptors (Lipinski definition) is 4. The first kappa shape index (κ1) is 19.4. The maximum atomic E-state index is 13.0. The van der Waals surface area contributed by atoms with Gasteiger partial charge in [-0.3, -0.25) is 19.3 Å². The standard InChI is InChI=1S/C22H19BrN2O4/c1-13(25-21(28)18-7-4-16(23)12-19(18)22(25)29)20(27)24-10-8-15(9-11-24)14-2-5-17(26)6-3-14/h2-8,12-13,26H,9-11H2,1H3. The third-order valence-electron chi connectivity index (χ3n) is 5.38. The van der Waals surface area contributed by atoms with Gasteiger partial charge in [-0.15, -0.1) is 0 Å². The summed E-state index contributed by atoms with van der Waals surface area (Å²) in [5.41, 5.74) is 2.75. The van der Waals surface area contributed by atoms with Crippen molar-refractivity contribution in [1.29, 1.82) is 0 Å². The van der Waals surface area contributed by atoms with Gasteiger partial charge >= 0.3 is 0 Å². The highest BCUT2D eigenvalue weighted by molar-refractivity contribution is 9.10. The molecule has 0 saturated carbocycles. The summed E-state index contributed by atoms with van der Waals surface area (Å²) in [6.45, 7) is 2.51. The normalized spacial score (nSPS) is 17.2. The molecular formula is C22H19BrN2O4. The van der Waals surface area contributed by atoms with Gasteiger partial charge in [0, 0.05) is 17.6 Å². The second kappa shape index (κ2) is 7.48. The van der Waals surface area contributed by atoms with Gasteiger partial charge in [-0.2, -0.15) is 0 Å². The Kier molecular flexibility index (Phi) is 5.00. The molecule has 1 unspecified atom stereocenters. The predicted octanol–water partition coefficient (Wildman–Crippen LogP) is 3.46. The van der Waals surface area contributed by atoms with E-state index in [0.29, 0.717) is 35.1 Å². The largest absolute Gasteiger partial charge is 0.508 e. The first-order valence-electron chi connectivity index (χ1n) is 9.31. The van der Waals surface area contributed by atoms with Crippen LogP contribution in [0.15, 0.2) is 53.0 Å². The molecule has 6 nitrogen and oxygen atoms in total. The third kappa shape index (κ3) is 3.46. The van der Waals surface area contributed by atoms with E-state index < -0.39 is 17.9 Å². The molecule has 1 atom stereocenters. The molecule has 0 aromatic heterocycles. The number of amides is 3. The number of phenolic OH excluding ortho intramolecular Hbond substituents is 1. The number of aromatic hydroxyl groups is 1. The molecule has 3 amide bonds. The molecule has 7 heteroatoms. The van der Waals surface area contributed by atoms with Crippen molar-refractivity contribution in [3.8, 4) is 5.75 Å². The number of imide groups is 1. The molecule has 0 saturated heterocycles. The zero-order valence-corrected chi connectivity index (χ0v) is 17.3. The second-order valence-electron chi connectivity index (χ2n) is 7.16. The molecule has 2 aromatic carbocycles. The Hall–Kier alpha value is -2.93. The number of fused-ring (bicyclic) bond motifs is 1. The van der Waals surface area contributed by atoms with E-state index in [1.165, 1.54) is 0 Å². The van der Waals surface area contributed by atoms with Gasteiger partial charge < -0.3 is 10.0 Å². The van der Waals surface area contributed by atoms with Crippen molar-refractivity contribution < 1.29 is 19.5 Å². The van der Waals surface area contributed by atoms with Crippen molar-refractivity contribution in [2.75, 3.05) is 13.1 Å². The molecule has 29 heavy (non-hydrogen) atoms. The van der Waals surface area contributed by atoms with Gasteiger partial charge in [-0.05, 0) is 54.8 Å². The van der Waals surface area contributed by atoms with Crippen LogP contribution in [0.2, 0.25) is 0 Å². The van der Waals surface area contributed by atoms with Crippen LogP contribution in [0.1, 0.15) is 39.6 Å². The lowest BCUT2D eigenvalue weighted by Gasteiger charge is -2.31. The van der Waals surface area contributed by atoms with Crippen molar-refractivity contribution in [1.82, 2.24) is 9.80 Å². The van der Waals surface area contributed by atoms with E-state index in [9.17, 15) is 19.5 Å². The van der Waals surface area contributed by atoms with E-state index in [-0.39, 0.29) is 11.7 Å². The summed E-state index contributed by atoms with van der Waals surface area (Å²) in [6, 6.07) is 11.0. The average molecular weight is 455 g/mol. The number of halogens is 1. The zero-order valence-electron chi connectivity index (χ0n) is 15.8. The van der Waals surface area contributed by atoms with Gasteiger partial charge in [0.2, 0.25) is 5.91 Å². The Balaban J connectivity index is 1.49. The van der Waals surface area contributed by atoms with E-state index in [1.807, 2.05) is 18.2 Å². The lowest BCUT2D eigenvalue weighted by Crippen LogP contribution is -2.50. The minimum Gasteiger partial charge on any atom is -0.508 e. The minimum absolute atomic E-state index is 0.212. The van der Waals surface area contributed by atoms with Gasteiger partial charge in [-0.25, -0.2) is 0 Å². The zero-order chi connectivity index (χ0) is 20.7. The maximum Gasteiger partial charge on any atom is 0.262 e. The Labute approximate surface area is 176 Å². The first-order valence-corrected chi connectivity index (χ1v) is 10.1. The van der Waals surface area contributed by atoms with Crippen LogP contribution in [0.25, 0.3) is 5.57 Å². The SMILES string of the molecule is CC(C(=O)N1CC=C(c2ccc(O)cc2)CC1)N1C(=O)c2ccc(Br)cc2C1=O. The fourth-order valence-corrected chi connectivity index (χ4v) is 4.13. The van der Waals surface area contributed by atoms with E-state index in [0.717, 1.165) is 16.0 Å². The molecule has 0 radical (unpaired) electrons. The third-order valence-corrected chi connectivity index (χ3v) is 5.88. The van der Waals surface area contributed by atoms with Crippen LogP contribution >= 0.6 is 15.9 Å². The Morgan fingerprint density at radius 2 is 1.76 bits per heavy atom. The summed E-state index contributed by atoms with van der Waals surface area (Å²) in [5.74, 6) is -0.913.